The van der Waals surface area contributed by atoms with E-state index in [4.69, 9.17) is 0 Å². The minimum absolute atomic E-state index is 0.233. The molecule has 4 rings (SSSR count). The van der Waals surface area contributed by atoms with Gasteiger partial charge in [-0.15, -0.1) is 0 Å². The lowest BCUT2D eigenvalue weighted by Gasteiger charge is -2.01. The molecule has 0 saturated heterocycles. The normalized spacial score (nSPS) is 11.4. The van der Waals surface area contributed by atoms with Crippen molar-refractivity contribution in [2.24, 2.45) is 0 Å². The summed E-state index contributed by atoms with van der Waals surface area (Å²) >= 11 is 0. The van der Waals surface area contributed by atoms with Gasteiger partial charge in [-0.05, 0) is 12.1 Å². The summed E-state index contributed by atoms with van der Waals surface area (Å²) in [4.78, 5) is 16.6. The van der Waals surface area contributed by atoms with Crippen LogP contribution in [-0.4, -0.2) is 29.4 Å². The largest absolute Gasteiger partial charge is 0.286 e. The van der Waals surface area contributed by atoms with Crippen molar-refractivity contribution < 1.29 is 0 Å². The molecule has 0 atom stereocenters. The first-order chi connectivity index (χ1) is 9.34. The highest BCUT2D eigenvalue weighted by Gasteiger charge is 2.12. The van der Waals surface area contributed by atoms with Crippen LogP contribution in [0, 0.1) is 0 Å². The molecule has 19 heavy (non-hydrogen) atoms. The molecule has 0 radical (unpaired) electrons. The van der Waals surface area contributed by atoms with E-state index in [0.717, 1.165) is 5.69 Å². The van der Waals surface area contributed by atoms with Crippen molar-refractivity contribution in [1.82, 2.24) is 29.4 Å². The molecule has 0 aliphatic rings. The molecular formula is C12H8N6O. The van der Waals surface area contributed by atoms with Crippen LogP contribution in [0.4, 0.5) is 0 Å². The van der Waals surface area contributed by atoms with Crippen LogP contribution in [0.5, 0.6) is 0 Å². The van der Waals surface area contributed by atoms with Crippen LogP contribution >= 0.6 is 0 Å². The lowest BCUT2D eigenvalue weighted by atomic mass is 10.3. The van der Waals surface area contributed by atoms with Crippen molar-refractivity contribution in [2.45, 2.75) is 0 Å². The maximum atomic E-state index is 12.2. The van der Waals surface area contributed by atoms with Crippen LogP contribution < -0.4 is 5.56 Å². The van der Waals surface area contributed by atoms with Gasteiger partial charge in [0.2, 0.25) is 5.78 Å². The van der Waals surface area contributed by atoms with Crippen molar-refractivity contribution in [3.05, 3.63) is 53.2 Å². The van der Waals surface area contributed by atoms with E-state index in [-0.39, 0.29) is 5.56 Å². The number of aromatic nitrogens is 6. The number of aromatic amines is 1. The Hall–Kier alpha value is -2.96. The number of para-hydroxylation sites is 1. The van der Waals surface area contributed by atoms with Crippen molar-refractivity contribution in [2.75, 3.05) is 0 Å². The monoisotopic (exact) mass is 252 g/mol. The summed E-state index contributed by atoms with van der Waals surface area (Å²) in [5, 5.41) is 11.0. The fourth-order valence-electron chi connectivity index (χ4n) is 2.06. The lowest BCUT2D eigenvalue weighted by molar-refractivity contribution is 0.913. The van der Waals surface area contributed by atoms with E-state index in [2.05, 4.69) is 20.3 Å². The predicted molar refractivity (Wildman–Crippen MR) is 68.2 cm³/mol. The molecule has 92 valence electrons. The average molecular weight is 252 g/mol. The van der Waals surface area contributed by atoms with Gasteiger partial charge in [0.15, 0.2) is 5.65 Å². The molecular weight excluding hydrogens is 244 g/mol. The molecule has 1 N–H and O–H groups in total. The van der Waals surface area contributed by atoms with Crippen molar-refractivity contribution in [1.29, 1.82) is 0 Å². The molecule has 0 aliphatic carbocycles. The van der Waals surface area contributed by atoms with E-state index >= 15 is 0 Å². The van der Waals surface area contributed by atoms with Crippen LogP contribution in [0.25, 0.3) is 22.5 Å². The standard InChI is InChI=1S/C12H8N6O/c19-11-9-6-13-16-10(9)15-12-17(7-14-18(11)12)8-4-2-1-3-5-8/h1-7H,(H,13,16). The van der Waals surface area contributed by atoms with Crippen molar-refractivity contribution >= 4 is 16.8 Å². The van der Waals surface area contributed by atoms with E-state index < -0.39 is 0 Å². The van der Waals surface area contributed by atoms with Gasteiger partial charge in [0.1, 0.15) is 11.7 Å². The Morgan fingerprint density at radius 3 is 2.84 bits per heavy atom. The molecule has 7 nitrogen and oxygen atoms in total. The minimum atomic E-state index is -0.233. The van der Waals surface area contributed by atoms with Gasteiger partial charge in [-0.25, -0.2) is 0 Å². The van der Waals surface area contributed by atoms with Gasteiger partial charge in [-0.1, -0.05) is 18.2 Å². The van der Waals surface area contributed by atoms with Crippen LogP contribution in [0.15, 0.2) is 47.7 Å². The summed E-state index contributed by atoms with van der Waals surface area (Å²) in [5.74, 6) is 0.452. The molecule has 0 unspecified atom stereocenters. The van der Waals surface area contributed by atoms with Crippen LogP contribution in [0.2, 0.25) is 0 Å². The van der Waals surface area contributed by atoms with E-state index in [9.17, 15) is 4.79 Å². The van der Waals surface area contributed by atoms with E-state index in [1.165, 1.54) is 10.7 Å². The first-order valence-corrected chi connectivity index (χ1v) is 5.69. The minimum Gasteiger partial charge on any atom is -0.267 e. The number of nitrogens with zero attached hydrogens (tertiary/aromatic N) is 5. The Morgan fingerprint density at radius 2 is 2.00 bits per heavy atom. The Bertz CT molecular complexity index is 933. The molecule has 0 bridgehead atoms. The highest BCUT2D eigenvalue weighted by molar-refractivity contribution is 5.74. The number of rotatable bonds is 1. The molecule has 1 aromatic carbocycles. The third-order valence-corrected chi connectivity index (χ3v) is 2.98. The zero-order valence-electron chi connectivity index (χ0n) is 9.69. The molecule has 0 fully saturated rings. The molecule has 3 aromatic heterocycles. The molecule has 3 heterocycles. The molecule has 0 aliphatic heterocycles. The maximum Gasteiger partial charge on any atom is 0.286 e. The second-order valence-electron chi connectivity index (χ2n) is 4.10. The van der Waals surface area contributed by atoms with Gasteiger partial charge in [0.05, 0.1) is 11.9 Å². The van der Waals surface area contributed by atoms with E-state index in [1.54, 1.807) is 10.9 Å². The van der Waals surface area contributed by atoms with Gasteiger partial charge >= 0.3 is 0 Å². The number of hydrogen-bond donors (Lipinski definition) is 1. The third kappa shape index (κ3) is 1.32. The van der Waals surface area contributed by atoms with Crippen molar-refractivity contribution in [3.8, 4) is 5.69 Å². The quantitative estimate of drug-likeness (QED) is 0.542. The summed E-state index contributed by atoms with van der Waals surface area (Å²) in [5.41, 5.74) is 1.12. The van der Waals surface area contributed by atoms with Crippen LogP contribution in [0.3, 0.4) is 0 Å². The molecule has 0 saturated carbocycles. The third-order valence-electron chi connectivity index (χ3n) is 2.98. The second kappa shape index (κ2) is 3.52. The van der Waals surface area contributed by atoms with E-state index in [0.29, 0.717) is 16.8 Å². The summed E-state index contributed by atoms with van der Waals surface area (Å²) < 4.78 is 3.02. The SMILES string of the molecule is O=c1c2cn[nH]c2nc2n(-c3ccccc3)cnn12. The average Bonchev–Trinajstić information content (AvgIpc) is 3.07. The topological polar surface area (TPSA) is 80.9 Å². The number of H-pyrrole nitrogens is 1. The fourth-order valence-corrected chi connectivity index (χ4v) is 2.06. The molecule has 4 aromatic rings. The Balaban J connectivity index is 2.14. The number of nitrogens with one attached hydrogen (secondary N) is 1. The predicted octanol–water partition coefficient (Wildman–Crippen LogP) is 0.756. The Kier molecular flexibility index (Phi) is 1.85. The fraction of sp³-hybridized carbons (Fsp3) is 0. The van der Waals surface area contributed by atoms with Gasteiger partial charge in [0.25, 0.3) is 5.56 Å². The van der Waals surface area contributed by atoms with Crippen LogP contribution in [0.1, 0.15) is 0 Å². The highest BCUT2D eigenvalue weighted by Crippen LogP contribution is 2.11. The Morgan fingerprint density at radius 1 is 1.16 bits per heavy atom. The summed E-state index contributed by atoms with van der Waals surface area (Å²) in [6, 6.07) is 9.60. The number of hydrogen-bond acceptors (Lipinski definition) is 4. The summed E-state index contributed by atoms with van der Waals surface area (Å²) in [7, 11) is 0. The van der Waals surface area contributed by atoms with Crippen LogP contribution in [-0.2, 0) is 0 Å². The summed E-state index contributed by atoms with van der Waals surface area (Å²) in [6.07, 6.45) is 3.03. The zero-order valence-corrected chi connectivity index (χ0v) is 9.69. The molecule has 0 spiro atoms. The Labute approximate surface area is 106 Å². The highest BCUT2D eigenvalue weighted by atomic mass is 16.1. The smallest absolute Gasteiger partial charge is 0.267 e. The second-order valence-corrected chi connectivity index (χ2v) is 4.10. The van der Waals surface area contributed by atoms with Gasteiger partial charge < -0.3 is 0 Å². The molecule has 0 amide bonds. The zero-order chi connectivity index (χ0) is 12.8. The molecule has 7 heteroatoms. The lowest BCUT2D eigenvalue weighted by Crippen LogP contribution is -2.15. The van der Waals surface area contributed by atoms with Gasteiger partial charge in [0, 0.05) is 0 Å². The maximum absolute atomic E-state index is 12.2. The van der Waals surface area contributed by atoms with Gasteiger partial charge in [-0.2, -0.15) is 19.7 Å². The van der Waals surface area contributed by atoms with Crippen molar-refractivity contribution in [3.63, 3.8) is 0 Å². The first kappa shape index (κ1) is 10.0. The van der Waals surface area contributed by atoms with E-state index in [1.807, 2.05) is 30.3 Å². The summed E-state index contributed by atoms with van der Waals surface area (Å²) in [6.45, 7) is 0. The van der Waals surface area contributed by atoms with Gasteiger partial charge in [-0.3, -0.25) is 14.5 Å². The number of benzene rings is 1. The number of fused-ring (bicyclic) bond motifs is 2. The first-order valence-electron chi connectivity index (χ1n) is 5.69.